The number of amides is 2. The number of likely N-dealkylation sites (tertiary alicyclic amines) is 1. The van der Waals surface area contributed by atoms with Crippen molar-refractivity contribution in [2.24, 2.45) is 11.1 Å². The zero-order chi connectivity index (χ0) is 15.3. The van der Waals surface area contributed by atoms with Gasteiger partial charge in [0.05, 0.1) is 5.41 Å². The van der Waals surface area contributed by atoms with Gasteiger partial charge in [-0.25, -0.2) is 0 Å². The number of carbonyl (C=O) groups is 2. The molecule has 0 bridgehead atoms. The summed E-state index contributed by atoms with van der Waals surface area (Å²) < 4.78 is 0. The highest BCUT2D eigenvalue weighted by molar-refractivity contribution is 5.82. The molecule has 2 rings (SSSR count). The van der Waals surface area contributed by atoms with E-state index in [0.29, 0.717) is 13.0 Å². The van der Waals surface area contributed by atoms with Gasteiger partial charge in [0.1, 0.15) is 0 Å². The number of nitrogens with zero attached hydrogens (tertiary/aromatic N) is 2. The van der Waals surface area contributed by atoms with Gasteiger partial charge in [0.25, 0.3) is 0 Å². The van der Waals surface area contributed by atoms with E-state index in [1.807, 2.05) is 18.2 Å². The van der Waals surface area contributed by atoms with Crippen LogP contribution in [0, 0.1) is 5.41 Å². The van der Waals surface area contributed by atoms with Crippen molar-refractivity contribution in [3.8, 4) is 0 Å². The first-order chi connectivity index (χ1) is 10.0. The second-order valence-electron chi connectivity index (χ2n) is 5.86. The Morgan fingerprint density at radius 2 is 2.24 bits per heavy atom. The molecule has 0 saturated carbocycles. The smallest absolute Gasteiger partial charge is 0.225 e. The molecule has 1 fully saturated rings. The summed E-state index contributed by atoms with van der Waals surface area (Å²) in [6.45, 7) is 2.73. The average Bonchev–Trinajstić information content (AvgIpc) is 2.48. The number of hydrogen-bond acceptors (Lipinski definition) is 3. The van der Waals surface area contributed by atoms with Crippen molar-refractivity contribution in [2.75, 3.05) is 13.1 Å². The van der Waals surface area contributed by atoms with Crippen LogP contribution in [0.1, 0.15) is 38.3 Å². The van der Waals surface area contributed by atoms with Crippen molar-refractivity contribution in [3.05, 3.63) is 30.1 Å². The quantitative estimate of drug-likeness (QED) is 0.892. The van der Waals surface area contributed by atoms with Gasteiger partial charge in [-0.2, -0.15) is 0 Å². The first kappa shape index (κ1) is 15.5. The van der Waals surface area contributed by atoms with E-state index < -0.39 is 5.41 Å². The molecule has 114 valence electrons. The van der Waals surface area contributed by atoms with Gasteiger partial charge in [0.15, 0.2) is 0 Å². The van der Waals surface area contributed by atoms with Crippen LogP contribution in [0.2, 0.25) is 0 Å². The summed E-state index contributed by atoms with van der Waals surface area (Å²) in [6, 6.07) is 5.84. The van der Waals surface area contributed by atoms with Crippen LogP contribution in [-0.4, -0.2) is 34.8 Å². The molecule has 2 N–H and O–H groups in total. The second kappa shape index (κ2) is 6.70. The van der Waals surface area contributed by atoms with E-state index in [2.05, 4.69) is 4.98 Å². The Balaban J connectivity index is 1.98. The number of aryl methyl sites for hydroxylation is 1. The van der Waals surface area contributed by atoms with Crippen LogP contribution >= 0.6 is 0 Å². The van der Waals surface area contributed by atoms with Crippen LogP contribution in [0.4, 0.5) is 0 Å². The Labute approximate surface area is 125 Å². The van der Waals surface area contributed by atoms with Crippen LogP contribution in [-0.2, 0) is 16.0 Å². The summed E-state index contributed by atoms with van der Waals surface area (Å²) in [7, 11) is 0. The topological polar surface area (TPSA) is 76.3 Å². The van der Waals surface area contributed by atoms with Gasteiger partial charge in [0.2, 0.25) is 11.8 Å². The Hall–Kier alpha value is -1.91. The number of primary amides is 1. The number of piperidine rings is 1. The molecule has 2 heterocycles. The van der Waals surface area contributed by atoms with Crippen molar-refractivity contribution >= 4 is 11.8 Å². The van der Waals surface area contributed by atoms with Crippen molar-refractivity contribution in [2.45, 2.75) is 39.0 Å². The molecule has 5 nitrogen and oxygen atoms in total. The summed E-state index contributed by atoms with van der Waals surface area (Å²) in [6.07, 6.45) is 5.78. The molecule has 1 aliphatic heterocycles. The molecule has 0 spiro atoms. The summed E-state index contributed by atoms with van der Waals surface area (Å²) in [5, 5.41) is 0. The third-order valence-corrected chi connectivity index (χ3v) is 4.36. The lowest BCUT2D eigenvalue weighted by atomic mass is 9.75. The molecule has 0 aliphatic carbocycles. The minimum Gasteiger partial charge on any atom is -0.369 e. The fourth-order valence-electron chi connectivity index (χ4n) is 3.08. The molecule has 1 aromatic rings. The molecule has 2 amide bonds. The highest BCUT2D eigenvalue weighted by Crippen LogP contribution is 2.35. The van der Waals surface area contributed by atoms with Gasteiger partial charge in [-0.05, 0) is 44.2 Å². The zero-order valence-corrected chi connectivity index (χ0v) is 12.5. The number of rotatable bonds is 5. The molecule has 0 radical (unpaired) electrons. The first-order valence-electron chi connectivity index (χ1n) is 7.49. The predicted molar refractivity (Wildman–Crippen MR) is 80.3 cm³/mol. The summed E-state index contributed by atoms with van der Waals surface area (Å²) in [4.78, 5) is 29.6. The standard InChI is InChI=1S/C16H23N3O2/c1-13(20)19-11-5-9-16(12-19,15(17)21)8-4-7-14-6-2-3-10-18-14/h2-3,6,10H,4-5,7-9,11-12H2,1H3,(H2,17,21). The van der Waals surface area contributed by atoms with Crippen molar-refractivity contribution in [1.29, 1.82) is 0 Å². The fraction of sp³-hybridized carbons (Fsp3) is 0.562. The Morgan fingerprint density at radius 1 is 1.43 bits per heavy atom. The molecule has 5 heteroatoms. The van der Waals surface area contributed by atoms with E-state index in [1.165, 1.54) is 0 Å². The Kier molecular flexibility index (Phi) is 4.94. The minimum absolute atomic E-state index is 0.0186. The number of carbonyl (C=O) groups excluding carboxylic acids is 2. The molecule has 21 heavy (non-hydrogen) atoms. The van der Waals surface area contributed by atoms with Crippen molar-refractivity contribution in [1.82, 2.24) is 9.88 Å². The molecule has 1 unspecified atom stereocenters. The first-order valence-corrected chi connectivity index (χ1v) is 7.49. The van der Waals surface area contributed by atoms with Crippen LogP contribution in [0.5, 0.6) is 0 Å². The molecule has 1 aromatic heterocycles. The molecule has 0 aromatic carbocycles. The number of aromatic nitrogens is 1. The molecular weight excluding hydrogens is 266 g/mol. The van der Waals surface area contributed by atoms with E-state index in [1.54, 1.807) is 18.0 Å². The van der Waals surface area contributed by atoms with E-state index >= 15 is 0 Å². The lowest BCUT2D eigenvalue weighted by Crippen LogP contribution is -2.51. The SMILES string of the molecule is CC(=O)N1CCCC(CCCc2ccccn2)(C(N)=O)C1. The van der Waals surface area contributed by atoms with Crippen LogP contribution in [0.25, 0.3) is 0 Å². The van der Waals surface area contributed by atoms with Gasteiger partial charge in [0, 0.05) is 31.9 Å². The largest absolute Gasteiger partial charge is 0.369 e. The normalized spacial score (nSPS) is 22.0. The molecular formula is C16H23N3O2. The van der Waals surface area contributed by atoms with E-state index in [-0.39, 0.29) is 11.8 Å². The maximum Gasteiger partial charge on any atom is 0.225 e. The number of pyridine rings is 1. The maximum atomic E-state index is 12.0. The van der Waals surface area contributed by atoms with E-state index in [4.69, 9.17) is 5.73 Å². The van der Waals surface area contributed by atoms with Crippen LogP contribution < -0.4 is 5.73 Å². The highest BCUT2D eigenvalue weighted by Gasteiger charge is 2.40. The highest BCUT2D eigenvalue weighted by atomic mass is 16.2. The average molecular weight is 289 g/mol. The fourth-order valence-corrected chi connectivity index (χ4v) is 3.08. The lowest BCUT2D eigenvalue weighted by Gasteiger charge is -2.40. The minimum atomic E-state index is -0.571. The van der Waals surface area contributed by atoms with Gasteiger partial charge in [-0.3, -0.25) is 14.6 Å². The summed E-state index contributed by atoms with van der Waals surface area (Å²) >= 11 is 0. The molecule has 1 aliphatic rings. The lowest BCUT2D eigenvalue weighted by molar-refractivity contribution is -0.139. The van der Waals surface area contributed by atoms with Gasteiger partial charge < -0.3 is 10.6 Å². The van der Waals surface area contributed by atoms with E-state index in [0.717, 1.165) is 37.9 Å². The van der Waals surface area contributed by atoms with Gasteiger partial charge in [-0.1, -0.05) is 6.07 Å². The van der Waals surface area contributed by atoms with Gasteiger partial charge in [-0.15, -0.1) is 0 Å². The third-order valence-electron chi connectivity index (χ3n) is 4.36. The summed E-state index contributed by atoms with van der Waals surface area (Å²) in [5.74, 6) is -0.264. The van der Waals surface area contributed by atoms with Crippen molar-refractivity contribution < 1.29 is 9.59 Å². The third kappa shape index (κ3) is 3.80. The number of hydrogen-bond donors (Lipinski definition) is 1. The Bertz CT molecular complexity index is 504. The van der Waals surface area contributed by atoms with Gasteiger partial charge >= 0.3 is 0 Å². The molecule has 1 saturated heterocycles. The van der Waals surface area contributed by atoms with Crippen LogP contribution in [0.3, 0.4) is 0 Å². The monoisotopic (exact) mass is 289 g/mol. The predicted octanol–water partition coefficient (Wildman–Crippen LogP) is 1.52. The van der Waals surface area contributed by atoms with E-state index in [9.17, 15) is 9.59 Å². The Morgan fingerprint density at radius 3 is 2.86 bits per heavy atom. The maximum absolute atomic E-state index is 12.0. The zero-order valence-electron chi connectivity index (χ0n) is 12.5. The van der Waals surface area contributed by atoms with Crippen LogP contribution in [0.15, 0.2) is 24.4 Å². The van der Waals surface area contributed by atoms with Crippen molar-refractivity contribution in [3.63, 3.8) is 0 Å². The summed E-state index contributed by atoms with van der Waals surface area (Å²) in [5.41, 5.74) is 6.11. The second-order valence-corrected chi connectivity index (χ2v) is 5.86. The number of nitrogens with two attached hydrogens (primary N) is 1. The molecule has 1 atom stereocenters.